The summed E-state index contributed by atoms with van der Waals surface area (Å²) in [5.74, 6) is -0.482. The van der Waals surface area contributed by atoms with Gasteiger partial charge in [0.15, 0.2) is 0 Å². The Bertz CT molecular complexity index is 666. The summed E-state index contributed by atoms with van der Waals surface area (Å²) in [4.78, 5) is 14.4. The number of aromatic nitrogens is 2. The molecule has 0 aliphatic carbocycles. The average molecular weight is 308 g/mol. The molecule has 4 nitrogen and oxygen atoms in total. The van der Waals surface area contributed by atoms with Gasteiger partial charge < -0.3 is 4.90 Å². The van der Waals surface area contributed by atoms with Crippen LogP contribution >= 0.6 is 11.6 Å². The summed E-state index contributed by atoms with van der Waals surface area (Å²) in [6.45, 7) is 0.597. The third kappa shape index (κ3) is 2.42. The fourth-order valence-electron chi connectivity index (χ4n) is 2.87. The van der Waals surface area contributed by atoms with Crippen LogP contribution in [0.3, 0.4) is 0 Å². The molecule has 1 fully saturated rings. The van der Waals surface area contributed by atoms with Gasteiger partial charge in [-0.2, -0.15) is 5.10 Å². The predicted octanol–water partition coefficient (Wildman–Crippen LogP) is 3.19. The van der Waals surface area contributed by atoms with Gasteiger partial charge in [-0.05, 0) is 18.9 Å². The number of hydrogen-bond acceptors (Lipinski definition) is 2. The van der Waals surface area contributed by atoms with E-state index in [2.05, 4.69) is 5.10 Å². The molecule has 0 radical (unpaired) electrons. The summed E-state index contributed by atoms with van der Waals surface area (Å²) in [6, 6.07) is 6.35. The van der Waals surface area contributed by atoms with Gasteiger partial charge in [0, 0.05) is 19.2 Å². The topological polar surface area (TPSA) is 38.1 Å². The Balaban J connectivity index is 1.95. The van der Waals surface area contributed by atoms with Gasteiger partial charge in [-0.15, -0.1) is 0 Å². The molecular formula is C15H15ClFN3O. The Morgan fingerprint density at radius 3 is 2.86 bits per heavy atom. The summed E-state index contributed by atoms with van der Waals surface area (Å²) in [7, 11) is 1.67. The maximum Gasteiger partial charge on any atom is 0.274 e. The van der Waals surface area contributed by atoms with E-state index in [1.54, 1.807) is 30.1 Å². The number of benzene rings is 1. The quantitative estimate of drug-likeness (QED) is 0.854. The van der Waals surface area contributed by atoms with Crippen LogP contribution in [0.1, 0.15) is 34.9 Å². The van der Waals surface area contributed by atoms with Gasteiger partial charge in [0.2, 0.25) is 0 Å². The van der Waals surface area contributed by atoms with Crippen molar-refractivity contribution < 1.29 is 9.18 Å². The first kappa shape index (κ1) is 14.1. The molecule has 0 spiro atoms. The Morgan fingerprint density at radius 2 is 2.19 bits per heavy atom. The van der Waals surface area contributed by atoms with E-state index in [-0.39, 0.29) is 17.8 Å². The molecule has 1 atom stereocenters. The lowest BCUT2D eigenvalue weighted by Gasteiger charge is -2.25. The first-order valence-electron chi connectivity index (χ1n) is 6.82. The van der Waals surface area contributed by atoms with Crippen LogP contribution in [0.4, 0.5) is 4.39 Å². The number of amides is 1. The highest BCUT2D eigenvalue weighted by Gasteiger charge is 2.34. The Labute approximate surface area is 127 Å². The lowest BCUT2D eigenvalue weighted by Crippen LogP contribution is -2.32. The van der Waals surface area contributed by atoms with Crippen molar-refractivity contribution in [1.29, 1.82) is 0 Å². The van der Waals surface area contributed by atoms with Crippen molar-refractivity contribution >= 4 is 17.5 Å². The highest BCUT2D eigenvalue weighted by molar-refractivity contribution is 6.33. The molecule has 0 unspecified atom stereocenters. The molecule has 0 saturated carbocycles. The fourth-order valence-corrected chi connectivity index (χ4v) is 3.11. The molecule has 1 saturated heterocycles. The summed E-state index contributed by atoms with van der Waals surface area (Å²) < 4.78 is 15.5. The number of carbonyl (C=O) groups excluding carboxylic acids is 1. The molecule has 0 N–H and O–H groups in total. The third-order valence-electron chi connectivity index (χ3n) is 3.87. The molecule has 1 aliphatic rings. The van der Waals surface area contributed by atoms with Gasteiger partial charge in [-0.25, -0.2) is 4.39 Å². The standard InChI is InChI=1S/C15H15ClFN3O/c1-19-14(11(16)9-18-19)15(21)20-8-4-7-13(20)10-5-2-3-6-12(10)17/h2-3,5-6,9,13H,4,7-8H2,1H3/t13-/m0/s1. The van der Waals surface area contributed by atoms with Crippen LogP contribution in [0.5, 0.6) is 0 Å². The van der Waals surface area contributed by atoms with Gasteiger partial charge >= 0.3 is 0 Å². The van der Waals surface area contributed by atoms with E-state index in [1.165, 1.54) is 16.9 Å². The maximum absolute atomic E-state index is 14.0. The van der Waals surface area contributed by atoms with Crippen molar-refractivity contribution in [3.05, 3.63) is 52.6 Å². The van der Waals surface area contributed by atoms with E-state index < -0.39 is 0 Å². The second kappa shape index (κ2) is 5.48. The number of hydrogen-bond donors (Lipinski definition) is 0. The molecule has 21 heavy (non-hydrogen) atoms. The normalized spacial score (nSPS) is 18.2. The zero-order valence-corrected chi connectivity index (χ0v) is 12.3. The molecular weight excluding hydrogens is 293 g/mol. The average Bonchev–Trinajstić information content (AvgIpc) is 3.06. The third-order valence-corrected chi connectivity index (χ3v) is 4.15. The Kier molecular flexibility index (Phi) is 3.68. The summed E-state index contributed by atoms with van der Waals surface area (Å²) in [5.41, 5.74) is 0.904. The van der Waals surface area contributed by atoms with E-state index in [9.17, 15) is 9.18 Å². The maximum atomic E-state index is 14.0. The van der Waals surface area contributed by atoms with Crippen molar-refractivity contribution in [2.45, 2.75) is 18.9 Å². The number of rotatable bonds is 2. The van der Waals surface area contributed by atoms with Crippen molar-refractivity contribution in [3.8, 4) is 0 Å². The first-order valence-corrected chi connectivity index (χ1v) is 7.20. The zero-order chi connectivity index (χ0) is 15.0. The number of halogens is 2. The monoisotopic (exact) mass is 307 g/mol. The van der Waals surface area contributed by atoms with E-state index >= 15 is 0 Å². The van der Waals surface area contributed by atoms with Crippen molar-refractivity contribution in [2.75, 3.05) is 6.54 Å². The van der Waals surface area contributed by atoms with Gasteiger partial charge in [0.1, 0.15) is 11.5 Å². The fraction of sp³-hybridized carbons (Fsp3) is 0.333. The van der Waals surface area contributed by atoms with Crippen LogP contribution in [0.15, 0.2) is 30.5 Å². The van der Waals surface area contributed by atoms with Crippen LogP contribution in [0, 0.1) is 5.82 Å². The van der Waals surface area contributed by atoms with Gasteiger partial charge in [0.05, 0.1) is 17.3 Å². The molecule has 0 bridgehead atoms. The van der Waals surface area contributed by atoms with Crippen LogP contribution in [0.2, 0.25) is 5.02 Å². The predicted molar refractivity (Wildman–Crippen MR) is 77.6 cm³/mol. The second-order valence-electron chi connectivity index (χ2n) is 5.14. The minimum atomic E-state index is -0.279. The number of likely N-dealkylation sites (tertiary alicyclic amines) is 1. The number of carbonyl (C=O) groups is 1. The second-order valence-corrected chi connectivity index (χ2v) is 5.55. The Morgan fingerprint density at radius 1 is 1.43 bits per heavy atom. The first-order chi connectivity index (χ1) is 10.1. The molecule has 1 aromatic heterocycles. The molecule has 110 valence electrons. The number of nitrogens with zero attached hydrogens (tertiary/aromatic N) is 3. The van der Waals surface area contributed by atoms with Crippen molar-refractivity contribution in [1.82, 2.24) is 14.7 Å². The van der Waals surface area contributed by atoms with Crippen molar-refractivity contribution in [3.63, 3.8) is 0 Å². The number of aryl methyl sites for hydroxylation is 1. The molecule has 3 rings (SSSR count). The van der Waals surface area contributed by atoms with Gasteiger partial charge in [-0.1, -0.05) is 29.8 Å². The highest BCUT2D eigenvalue weighted by Crippen LogP contribution is 2.35. The molecule has 1 aliphatic heterocycles. The smallest absolute Gasteiger partial charge is 0.274 e. The van der Waals surface area contributed by atoms with E-state index in [4.69, 9.17) is 11.6 Å². The summed E-state index contributed by atoms with van der Waals surface area (Å²) in [6.07, 6.45) is 3.05. The molecule has 1 amide bonds. The lowest BCUT2D eigenvalue weighted by molar-refractivity contribution is 0.0722. The van der Waals surface area contributed by atoms with E-state index in [1.807, 2.05) is 0 Å². The highest BCUT2D eigenvalue weighted by atomic mass is 35.5. The van der Waals surface area contributed by atoms with Crippen LogP contribution in [-0.2, 0) is 7.05 Å². The molecule has 2 aromatic rings. The SMILES string of the molecule is Cn1ncc(Cl)c1C(=O)N1CCC[C@H]1c1ccccc1F. The van der Waals surface area contributed by atoms with Gasteiger partial charge in [0.25, 0.3) is 5.91 Å². The largest absolute Gasteiger partial charge is 0.330 e. The van der Waals surface area contributed by atoms with E-state index in [0.717, 1.165) is 12.8 Å². The Hall–Kier alpha value is -1.88. The van der Waals surface area contributed by atoms with Crippen LogP contribution in [0.25, 0.3) is 0 Å². The zero-order valence-electron chi connectivity index (χ0n) is 11.6. The van der Waals surface area contributed by atoms with Crippen LogP contribution < -0.4 is 0 Å². The minimum absolute atomic E-state index is 0.203. The molecule has 1 aromatic carbocycles. The van der Waals surface area contributed by atoms with Crippen LogP contribution in [-0.4, -0.2) is 27.1 Å². The summed E-state index contributed by atoms with van der Waals surface area (Å²) >= 11 is 6.04. The summed E-state index contributed by atoms with van der Waals surface area (Å²) in [5, 5.41) is 4.31. The molecule has 2 heterocycles. The van der Waals surface area contributed by atoms with Gasteiger partial charge in [-0.3, -0.25) is 9.48 Å². The lowest BCUT2D eigenvalue weighted by atomic mass is 10.0. The minimum Gasteiger partial charge on any atom is -0.330 e. The van der Waals surface area contributed by atoms with Crippen molar-refractivity contribution in [2.24, 2.45) is 7.05 Å². The van der Waals surface area contributed by atoms with E-state index in [0.29, 0.717) is 22.8 Å². The molecule has 6 heteroatoms.